The fourth-order valence-corrected chi connectivity index (χ4v) is 2.97. The van der Waals surface area contributed by atoms with Gasteiger partial charge in [0.15, 0.2) is 0 Å². The Morgan fingerprint density at radius 1 is 1.30 bits per heavy atom. The number of rotatable bonds is 3. The van der Waals surface area contributed by atoms with Gasteiger partial charge in [0.25, 0.3) is 0 Å². The van der Waals surface area contributed by atoms with E-state index in [1.165, 1.54) is 18.5 Å². The van der Waals surface area contributed by atoms with Gasteiger partial charge in [0, 0.05) is 36.4 Å². The zero-order valence-corrected chi connectivity index (χ0v) is 12.1. The highest BCUT2D eigenvalue weighted by Crippen LogP contribution is 2.23. The highest BCUT2D eigenvalue weighted by atomic mass is 15.3. The molecule has 1 unspecified atom stereocenters. The second-order valence-corrected chi connectivity index (χ2v) is 5.69. The summed E-state index contributed by atoms with van der Waals surface area (Å²) in [6, 6.07) is 4.09. The van der Waals surface area contributed by atoms with Gasteiger partial charge in [-0.15, -0.1) is 0 Å². The number of hydrogen-bond donors (Lipinski definition) is 1. The molecule has 0 radical (unpaired) electrons. The quantitative estimate of drug-likeness (QED) is 0.930. The number of hydrogen-bond acceptors (Lipinski definition) is 4. The maximum Gasteiger partial charge on any atom is 0.225 e. The lowest BCUT2D eigenvalue weighted by molar-refractivity contribution is 0.406. The van der Waals surface area contributed by atoms with Gasteiger partial charge >= 0.3 is 0 Å². The number of aryl methyl sites for hydroxylation is 2. The van der Waals surface area contributed by atoms with Crippen LogP contribution in [0.2, 0.25) is 0 Å². The first-order chi connectivity index (χ1) is 9.70. The Balaban J connectivity index is 1.71. The van der Waals surface area contributed by atoms with Crippen LogP contribution in [0.15, 0.2) is 18.3 Å². The summed E-state index contributed by atoms with van der Waals surface area (Å²) in [6.07, 6.45) is 5.35. The zero-order chi connectivity index (χ0) is 13.9. The first kappa shape index (κ1) is 13.1. The number of anilines is 1. The zero-order valence-electron chi connectivity index (χ0n) is 12.1. The van der Waals surface area contributed by atoms with Crippen LogP contribution < -0.4 is 4.90 Å². The summed E-state index contributed by atoms with van der Waals surface area (Å²) in [5, 5.41) is 7.08. The predicted octanol–water partition coefficient (Wildman–Crippen LogP) is 2.28. The maximum atomic E-state index is 4.58. The molecule has 5 nitrogen and oxygen atoms in total. The van der Waals surface area contributed by atoms with Crippen LogP contribution in [0.1, 0.15) is 29.9 Å². The molecule has 106 valence electrons. The van der Waals surface area contributed by atoms with Crippen LogP contribution in [0, 0.1) is 19.8 Å². The molecule has 1 aliphatic rings. The van der Waals surface area contributed by atoms with Gasteiger partial charge in [-0.2, -0.15) is 5.10 Å². The molecule has 1 atom stereocenters. The summed E-state index contributed by atoms with van der Waals surface area (Å²) in [4.78, 5) is 11.5. The Hall–Kier alpha value is -1.91. The van der Waals surface area contributed by atoms with Crippen molar-refractivity contribution in [2.75, 3.05) is 18.0 Å². The lowest BCUT2D eigenvalue weighted by atomic mass is 9.93. The van der Waals surface area contributed by atoms with Crippen molar-refractivity contribution in [2.24, 2.45) is 5.92 Å². The Morgan fingerprint density at radius 2 is 2.10 bits per heavy atom. The average molecular weight is 271 g/mol. The van der Waals surface area contributed by atoms with E-state index in [9.17, 15) is 0 Å². The van der Waals surface area contributed by atoms with Gasteiger partial charge in [-0.05, 0) is 51.2 Å². The molecule has 3 heterocycles. The molecule has 5 heteroatoms. The van der Waals surface area contributed by atoms with Crippen molar-refractivity contribution >= 4 is 5.95 Å². The van der Waals surface area contributed by atoms with E-state index in [1.807, 2.05) is 26.1 Å². The van der Waals surface area contributed by atoms with Gasteiger partial charge in [0.1, 0.15) is 0 Å². The molecule has 2 aromatic heterocycles. The SMILES string of the molecule is Cc1cc(C)nc(N2CCCC(Cc3ccn[nH]3)C2)n1. The van der Waals surface area contributed by atoms with Gasteiger partial charge in [0.2, 0.25) is 5.95 Å². The van der Waals surface area contributed by atoms with E-state index in [4.69, 9.17) is 0 Å². The molecule has 0 saturated carbocycles. The fraction of sp³-hybridized carbons (Fsp3) is 0.533. The first-order valence-electron chi connectivity index (χ1n) is 7.26. The average Bonchev–Trinajstić information content (AvgIpc) is 2.91. The van der Waals surface area contributed by atoms with Crippen LogP contribution in [0.3, 0.4) is 0 Å². The van der Waals surface area contributed by atoms with Gasteiger partial charge in [0.05, 0.1) is 0 Å². The van der Waals surface area contributed by atoms with E-state index in [-0.39, 0.29) is 0 Å². The van der Waals surface area contributed by atoms with Crippen molar-refractivity contribution in [3.05, 3.63) is 35.4 Å². The Morgan fingerprint density at radius 3 is 2.80 bits per heavy atom. The minimum atomic E-state index is 0.647. The molecule has 0 bridgehead atoms. The molecule has 2 aromatic rings. The molecule has 1 fully saturated rings. The van der Waals surface area contributed by atoms with Crippen molar-refractivity contribution in [2.45, 2.75) is 33.1 Å². The van der Waals surface area contributed by atoms with E-state index in [1.54, 1.807) is 0 Å². The number of H-pyrrole nitrogens is 1. The van der Waals surface area contributed by atoms with Crippen LogP contribution in [-0.2, 0) is 6.42 Å². The van der Waals surface area contributed by atoms with Crippen molar-refractivity contribution < 1.29 is 0 Å². The molecule has 3 rings (SSSR count). The lowest BCUT2D eigenvalue weighted by Crippen LogP contribution is -2.37. The fourth-order valence-electron chi connectivity index (χ4n) is 2.97. The summed E-state index contributed by atoms with van der Waals surface area (Å²) in [5.74, 6) is 1.53. The number of aromatic amines is 1. The molecule has 1 N–H and O–H groups in total. The molecule has 20 heavy (non-hydrogen) atoms. The Kier molecular flexibility index (Phi) is 3.67. The molecule has 0 spiro atoms. The molecule has 0 amide bonds. The monoisotopic (exact) mass is 271 g/mol. The molecule has 0 aliphatic carbocycles. The van der Waals surface area contributed by atoms with Crippen LogP contribution >= 0.6 is 0 Å². The topological polar surface area (TPSA) is 57.7 Å². The Labute approximate surface area is 119 Å². The molecular weight excluding hydrogens is 250 g/mol. The second kappa shape index (κ2) is 5.61. The molecule has 0 aromatic carbocycles. The third-order valence-corrected chi connectivity index (χ3v) is 3.84. The van der Waals surface area contributed by atoms with Crippen molar-refractivity contribution in [1.29, 1.82) is 0 Å². The standard InChI is InChI=1S/C15H21N5/c1-11-8-12(2)18-15(17-11)20-7-3-4-13(10-20)9-14-5-6-16-19-14/h5-6,8,13H,3-4,7,9-10H2,1-2H3,(H,16,19). The summed E-state index contributed by atoms with van der Waals surface area (Å²) >= 11 is 0. The van der Waals surface area contributed by atoms with Gasteiger partial charge < -0.3 is 4.90 Å². The largest absolute Gasteiger partial charge is 0.341 e. The smallest absolute Gasteiger partial charge is 0.225 e. The third kappa shape index (κ3) is 2.98. The van der Waals surface area contributed by atoms with Gasteiger partial charge in [-0.25, -0.2) is 9.97 Å². The summed E-state index contributed by atoms with van der Waals surface area (Å²) in [6.45, 7) is 6.15. The second-order valence-electron chi connectivity index (χ2n) is 5.69. The van der Waals surface area contributed by atoms with E-state index in [2.05, 4.69) is 31.1 Å². The maximum absolute atomic E-state index is 4.58. The van der Waals surface area contributed by atoms with E-state index in [0.717, 1.165) is 36.8 Å². The normalized spacial score (nSPS) is 19.3. The van der Waals surface area contributed by atoms with Crippen molar-refractivity contribution in [3.63, 3.8) is 0 Å². The predicted molar refractivity (Wildman–Crippen MR) is 78.7 cm³/mol. The summed E-state index contributed by atoms with van der Waals surface area (Å²) in [7, 11) is 0. The molecular formula is C15H21N5. The van der Waals surface area contributed by atoms with E-state index in [0.29, 0.717) is 5.92 Å². The lowest BCUT2D eigenvalue weighted by Gasteiger charge is -2.32. The summed E-state index contributed by atoms with van der Waals surface area (Å²) in [5.41, 5.74) is 3.31. The van der Waals surface area contributed by atoms with Crippen LogP contribution in [-0.4, -0.2) is 33.3 Å². The third-order valence-electron chi connectivity index (χ3n) is 3.84. The van der Waals surface area contributed by atoms with Crippen LogP contribution in [0.25, 0.3) is 0 Å². The van der Waals surface area contributed by atoms with Crippen LogP contribution in [0.4, 0.5) is 5.95 Å². The number of piperidine rings is 1. The van der Waals surface area contributed by atoms with Gasteiger partial charge in [-0.1, -0.05) is 0 Å². The number of nitrogens with zero attached hydrogens (tertiary/aromatic N) is 4. The minimum Gasteiger partial charge on any atom is -0.341 e. The van der Waals surface area contributed by atoms with Crippen molar-refractivity contribution in [3.8, 4) is 0 Å². The number of nitrogens with one attached hydrogen (secondary N) is 1. The number of aromatic nitrogens is 4. The van der Waals surface area contributed by atoms with Crippen LogP contribution in [0.5, 0.6) is 0 Å². The highest BCUT2D eigenvalue weighted by Gasteiger charge is 2.22. The summed E-state index contributed by atoms with van der Waals surface area (Å²) < 4.78 is 0. The first-order valence-corrected chi connectivity index (χ1v) is 7.26. The van der Waals surface area contributed by atoms with Crippen molar-refractivity contribution in [1.82, 2.24) is 20.2 Å². The van der Waals surface area contributed by atoms with E-state index >= 15 is 0 Å². The minimum absolute atomic E-state index is 0.647. The van der Waals surface area contributed by atoms with Gasteiger partial charge in [-0.3, -0.25) is 5.10 Å². The molecule has 1 saturated heterocycles. The molecule has 1 aliphatic heterocycles. The van der Waals surface area contributed by atoms with E-state index < -0.39 is 0 Å². The highest BCUT2D eigenvalue weighted by molar-refractivity contribution is 5.33. The Bertz CT molecular complexity index is 543.